The molecule has 0 fully saturated rings. The third-order valence-corrected chi connectivity index (χ3v) is 3.64. The van der Waals surface area contributed by atoms with Gasteiger partial charge in [-0.25, -0.2) is 0 Å². The van der Waals surface area contributed by atoms with E-state index in [1.54, 1.807) is 11.3 Å². The van der Waals surface area contributed by atoms with E-state index in [0.717, 1.165) is 19.6 Å². The van der Waals surface area contributed by atoms with E-state index in [0.29, 0.717) is 0 Å². The van der Waals surface area contributed by atoms with Gasteiger partial charge in [0.05, 0.1) is 0 Å². The fourth-order valence-corrected chi connectivity index (χ4v) is 2.50. The molecular weight excluding hydrogens is 240 g/mol. The summed E-state index contributed by atoms with van der Waals surface area (Å²) in [5, 5.41) is 7.79. The summed E-state index contributed by atoms with van der Waals surface area (Å²) in [6, 6.07) is 10.7. The highest BCUT2D eigenvalue weighted by Crippen LogP contribution is 2.09. The average molecular weight is 260 g/mol. The zero-order valence-corrected chi connectivity index (χ0v) is 11.8. The van der Waals surface area contributed by atoms with Crippen molar-refractivity contribution in [2.24, 2.45) is 0 Å². The summed E-state index contributed by atoms with van der Waals surface area (Å²) in [6.45, 7) is 5.16. The molecule has 18 heavy (non-hydrogen) atoms. The molecule has 0 saturated carbocycles. The van der Waals surface area contributed by atoms with Crippen molar-refractivity contribution in [3.8, 4) is 0 Å². The molecule has 0 saturated heterocycles. The molecule has 0 aliphatic carbocycles. The molecule has 2 rings (SSSR count). The molecular formula is C15H20N2S. The number of hydrogen-bond donors (Lipinski definition) is 1. The van der Waals surface area contributed by atoms with E-state index >= 15 is 0 Å². The Morgan fingerprint density at radius 1 is 1.17 bits per heavy atom. The van der Waals surface area contributed by atoms with Gasteiger partial charge in [-0.15, -0.1) is 0 Å². The van der Waals surface area contributed by atoms with E-state index in [1.807, 2.05) is 0 Å². The molecule has 2 aromatic rings. The van der Waals surface area contributed by atoms with Crippen LogP contribution in [-0.2, 0) is 6.54 Å². The van der Waals surface area contributed by atoms with Gasteiger partial charge in [0, 0.05) is 25.3 Å². The van der Waals surface area contributed by atoms with E-state index in [4.69, 9.17) is 0 Å². The molecule has 0 spiro atoms. The van der Waals surface area contributed by atoms with Crippen LogP contribution in [0.3, 0.4) is 0 Å². The van der Waals surface area contributed by atoms with Crippen molar-refractivity contribution in [3.63, 3.8) is 0 Å². The molecule has 2 nitrogen and oxygen atoms in total. The van der Waals surface area contributed by atoms with Crippen molar-refractivity contribution in [1.82, 2.24) is 4.90 Å². The van der Waals surface area contributed by atoms with Crippen LogP contribution in [0, 0.1) is 6.92 Å². The Bertz CT molecular complexity index is 448. The Kier molecular flexibility index (Phi) is 4.79. The van der Waals surface area contributed by atoms with Gasteiger partial charge in [0.15, 0.2) is 0 Å². The largest absolute Gasteiger partial charge is 0.384 e. The Morgan fingerprint density at radius 3 is 2.61 bits per heavy atom. The van der Waals surface area contributed by atoms with Crippen LogP contribution in [0.25, 0.3) is 0 Å². The molecule has 0 bridgehead atoms. The number of aryl methyl sites for hydroxylation is 1. The molecule has 1 aromatic carbocycles. The zero-order valence-electron chi connectivity index (χ0n) is 11.0. The zero-order chi connectivity index (χ0) is 12.8. The first-order chi connectivity index (χ1) is 8.74. The molecule has 0 amide bonds. The summed E-state index contributed by atoms with van der Waals surface area (Å²) in [5.74, 6) is 0. The fraction of sp³-hybridized carbons (Fsp3) is 0.333. The second kappa shape index (κ2) is 6.57. The lowest BCUT2D eigenvalue weighted by Gasteiger charge is -2.16. The highest BCUT2D eigenvalue weighted by Gasteiger charge is 2.00. The van der Waals surface area contributed by atoms with Crippen LogP contribution in [0.2, 0.25) is 0 Å². The summed E-state index contributed by atoms with van der Waals surface area (Å²) in [5.41, 5.74) is 3.90. The first-order valence-corrected chi connectivity index (χ1v) is 7.18. The molecule has 0 aliphatic heterocycles. The lowest BCUT2D eigenvalue weighted by atomic mass is 10.2. The van der Waals surface area contributed by atoms with Crippen LogP contribution < -0.4 is 5.32 Å². The lowest BCUT2D eigenvalue weighted by molar-refractivity contribution is 0.340. The van der Waals surface area contributed by atoms with Gasteiger partial charge >= 0.3 is 0 Å². The molecule has 3 heteroatoms. The topological polar surface area (TPSA) is 15.3 Å². The van der Waals surface area contributed by atoms with Crippen molar-refractivity contribution in [2.75, 3.05) is 25.5 Å². The first-order valence-electron chi connectivity index (χ1n) is 6.24. The molecule has 1 aromatic heterocycles. The van der Waals surface area contributed by atoms with Crippen LogP contribution in [0.5, 0.6) is 0 Å². The number of rotatable bonds is 6. The number of hydrogen-bond acceptors (Lipinski definition) is 3. The molecule has 0 atom stereocenters. The van der Waals surface area contributed by atoms with E-state index in [1.165, 1.54) is 16.8 Å². The third kappa shape index (κ3) is 4.17. The van der Waals surface area contributed by atoms with Crippen LogP contribution >= 0.6 is 11.3 Å². The predicted octanol–water partition coefficient (Wildman–Crippen LogP) is 3.60. The van der Waals surface area contributed by atoms with Crippen LogP contribution in [0.15, 0.2) is 41.1 Å². The van der Waals surface area contributed by atoms with E-state index in [-0.39, 0.29) is 0 Å². The van der Waals surface area contributed by atoms with E-state index in [2.05, 4.69) is 65.3 Å². The maximum atomic E-state index is 3.44. The summed E-state index contributed by atoms with van der Waals surface area (Å²) < 4.78 is 0. The van der Waals surface area contributed by atoms with Crippen LogP contribution in [-0.4, -0.2) is 25.0 Å². The summed E-state index contributed by atoms with van der Waals surface area (Å²) in [6.07, 6.45) is 0. The minimum Gasteiger partial charge on any atom is -0.384 e. The van der Waals surface area contributed by atoms with Crippen molar-refractivity contribution < 1.29 is 0 Å². The van der Waals surface area contributed by atoms with E-state index < -0.39 is 0 Å². The molecule has 0 aliphatic rings. The van der Waals surface area contributed by atoms with Crippen LogP contribution in [0.4, 0.5) is 5.69 Å². The summed E-state index contributed by atoms with van der Waals surface area (Å²) >= 11 is 1.76. The Balaban J connectivity index is 1.70. The van der Waals surface area contributed by atoms with Crippen LogP contribution in [0.1, 0.15) is 11.1 Å². The number of anilines is 1. The third-order valence-electron chi connectivity index (χ3n) is 2.91. The minimum atomic E-state index is 0.976. The van der Waals surface area contributed by atoms with Gasteiger partial charge in [0.25, 0.3) is 0 Å². The second-order valence-corrected chi connectivity index (χ2v) is 5.44. The summed E-state index contributed by atoms with van der Waals surface area (Å²) in [4.78, 5) is 2.34. The standard InChI is InChI=1S/C15H20N2S/c1-13-3-5-15(6-4-13)16-8-9-17(2)11-14-7-10-18-12-14/h3-7,10,12,16H,8-9,11H2,1-2H3. The Labute approximate surface area is 113 Å². The van der Waals surface area contributed by atoms with Crippen molar-refractivity contribution >= 4 is 17.0 Å². The molecule has 96 valence electrons. The van der Waals surface area contributed by atoms with Crippen molar-refractivity contribution in [2.45, 2.75) is 13.5 Å². The lowest BCUT2D eigenvalue weighted by Crippen LogP contribution is -2.24. The SMILES string of the molecule is Cc1ccc(NCCN(C)Cc2ccsc2)cc1. The number of nitrogens with one attached hydrogen (secondary N) is 1. The number of likely N-dealkylation sites (N-methyl/N-ethyl adjacent to an activating group) is 1. The first kappa shape index (κ1) is 13.1. The average Bonchev–Trinajstić information content (AvgIpc) is 2.84. The Hall–Kier alpha value is -1.32. The molecule has 1 heterocycles. The molecule has 0 unspecified atom stereocenters. The van der Waals surface area contributed by atoms with Gasteiger partial charge in [-0.2, -0.15) is 11.3 Å². The second-order valence-electron chi connectivity index (χ2n) is 4.66. The van der Waals surface area contributed by atoms with Gasteiger partial charge in [-0.1, -0.05) is 17.7 Å². The van der Waals surface area contributed by atoms with Gasteiger partial charge < -0.3 is 10.2 Å². The van der Waals surface area contributed by atoms with Crippen molar-refractivity contribution in [3.05, 3.63) is 52.2 Å². The fourth-order valence-electron chi connectivity index (χ4n) is 1.84. The molecule has 1 N–H and O–H groups in total. The Morgan fingerprint density at radius 2 is 1.94 bits per heavy atom. The highest BCUT2D eigenvalue weighted by atomic mass is 32.1. The van der Waals surface area contributed by atoms with Gasteiger partial charge in [-0.05, 0) is 48.5 Å². The van der Waals surface area contributed by atoms with E-state index in [9.17, 15) is 0 Å². The maximum absolute atomic E-state index is 3.44. The number of benzene rings is 1. The predicted molar refractivity (Wildman–Crippen MR) is 80.3 cm³/mol. The van der Waals surface area contributed by atoms with Crippen molar-refractivity contribution in [1.29, 1.82) is 0 Å². The molecule has 0 radical (unpaired) electrons. The number of nitrogens with zero attached hydrogens (tertiary/aromatic N) is 1. The maximum Gasteiger partial charge on any atom is 0.0340 e. The smallest absolute Gasteiger partial charge is 0.0340 e. The monoisotopic (exact) mass is 260 g/mol. The highest BCUT2D eigenvalue weighted by molar-refractivity contribution is 7.07. The quantitative estimate of drug-likeness (QED) is 0.853. The van der Waals surface area contributed by atoms with Gasteiger partial charge in [0.1, 0.15) is 0 Å². The minimum absolute atomic E-state index is 0.976. The van der Waals surface area contributed by atoms with Gasteiger partial charge in [0.2, 0.25) is 0 Å². The van der Waals surface area contributed by atoms with Gasteiger partial charge in [-0.3, -0.25) is 0 Å². The normalized spacial score (nSPS) is 10.8. The number of thiophene rings is 1. The summed E-state index contributed by atoms with van der Waals surface area (Å²) in [7, 11) is 2.16.